The first-order valence-electron chi connectivity index (χ1n) is 7.49. The molecule has 10 heteroatoms. The summed E-state index contributed by atoms with van der Waals surface area (Å²) in [6.45, 7) is 1.01. The molecule has 1 unspecified atom stereocenters. The first kappa shape index (κ1) is 19.8. The summed E-state index contributed by atoms with van der Waals surface area (Å²) in [5.41, 5.74) is -2.58. The Morgan fingerprint density at radius 3 is 2.31 bits per heavy atom. The minimum absolute atomic E-state index is 0.0165. The fraction of sp³-hybridized carbons (Fsp3) is 0.312. The maximum atomic E-state index is 12.6. The van der Waals surface area contributed by atoms with E-state index in [0.717, 1.165) is 16.9 Å². The topological polar surface area (TPSA) is 84.2 Å². The van der Waals surface area contributed by atoms with Crippen molar-refractivity contribution in [2.75, 3.05) is 0 Å². The fourth-order valence-electron chi connectivity index (χ4n) is 2.45. The van der Waals surface area contributed by atoms with Crippen LogP contribution in [0.25, 0.3) is 0 Å². The van der Waals surface area contributed by atoms with Crippen molar-refractivity contribution in [2.45, 2.75) is 31.6 Å². The summed E-state index contributed by atoms with van der Waals surface area (Å²) in [5, 5.41) is 15.7. The number of halogens is 4. The summed E-state index contributed by atoms with van der Waals surface area (Å²) in [6, 6.07) is 6.64. The zero-order valence-electron chi connectivity index (χ0n) is 13.5. The third-order valence-electron chi connectivity index (χ3n) is 3.82. The molecule has 0 aliphatic heterocycles. The number of nitrogens with one attached hydrogen (secondary N) is 1. The highest BCUT2D eigenvalue weighted by Crippen LogP contribution is 2.28. The molecule has 2 rings (SSSR count). The van der Waals surface area contributed by atoms with Crippen molar-refractivity contribution in [3.63, 3.8) is 0 Å². The van der Waals surface area contributed by atoms with E-state index >= 15 is 0 Å². The van der Waals surface area contributed by atoms with Crippen LogP contribution in [0.2, 0.25) is 5.02 Å². The van der Waals surface area contributed by atoms with Gasteiger partial charge in [-0.15, -0.1) is 0 Å². The Bertz CT molecular complexity index is 805. The van der Waals surface area contributed by atoms with E-state index in [2.05, 4.69) is 10.4 Å². The SMILES string of the molecule is CCC(NC(=O)Cn1ccc(C(F)(F)F)n1)(C(=O)O)c1ccc(Cl)cc1. The number of aromatic nitrogens is 2. The van der Waals surface area contributed by atoms with Crippen LogP contribution in [0.4, 0.5) is 13.2 Å². The number of carbonyl (C=O) groups is 2. The molecule has 1 aromatic heterocycles. The number of benzene rings is 1. The number of carboxylic acids is 1. The number of rotatable bonds is 6. The molecule has 1 amide bonds. The Kier molecular flexibility index (Phi) is 5.60. The van der Waals surface area contributed by atoms with E-state index in [1.54, 1.807) is 6.92 Å². The predicted molar refractivity (Wildman–Crippen MR) is 86.4 cm³/mol. The second-order valence-electron chi connectivity index (χ2n) is 5.52. The van der Waals surface area contributed by atoms with Gasteiger partial charge in [-0.25, -0.2) is 4.79 Å². The van der Waals surface area contributed by atoms with Gasteiger partial charge in [-0.2, -0.15) is 18.3 Å². The fourth-order valence-corrected chi connectivity index (χ4v) is 2.58. The molecular formula is C16H15ClF3N3O3. The standard InChI is InChI=1S/C16H15ClF3N3O3/c1-2-15(14(25)26,10-3-5-11(17)6-4-10)21-13(24)9-23-8-7-12(22-23)16(18,19)20/h3-8H,2,9H2,1H3,(H,21,24)(H,25,26). The highest BCUT2D eigenvalue weighted by atomic mass is 35.5. The highest BCUT2D eigenvalue weighted by molar-refractivity contribution is 6.30. The van der Waals surface area contributed by atoms with Crippen molar-refractivity contribution in [3.8, 4) is 0 Å². The zero-order valence-corrected chi connectivity index (χ0v) is 14.3. The van der Waals surface area contributed by atoms with Crippen LogP contribution in [-0.4, -0.2) is 26.8 Å². The van der Waals surface area contributed by atoms with Crippen LogP contribution in [-0.2, 0) is 27.8 Å². The number of alkyl halides is 3. The lowest BCUT2D eigenvalue weighted by molar-refractivity contribution is -0.148. The number of hydrogen-bond acceptors (Lipinski definition) is 3. The van der Waals surface area contributed by atoms with E-state index in [9.17, 15) is 27.9 Å². The first-order valence-corrected chi connectivity index (χ1v) is 7.87. The molecular weight excluding hydrogens is 375 g/mol. The van der Waals surface area contributed by atoms with E-state index in [1.807, 2.05) is 0 Å². The van der Waals surface area contributed by atoms with Crippen molar-refractivity contribution in [1.29, 1.82) is 0 Å². The molecule has 2 N–H and O–H groups in total. The van der Waals surface area contributed by atoms with Gasteiger partial charge in [-0.3, -0.25) is 9.48 Å². The maximum absolute atomic E-state index is 12.6. The highest BCUT2D eigenvalue weighted by Gasteiger charge is 2.40. The van der Waals surface area contributed by atoms with Crippen molar-refractivity contribution in [3.05, 3.63) is 52.8 Å². The quantitative estimate of drug-likeness (QED) is 0.795. The van der Waals surface area contributed by atoms with Crippen LogP contribution in [0.1, 0.15) is 24.6 Å². The Morgan fingerprint density at radius 2 is 1.85 bits per heavy atom. The van der Waals surface area contributed by atoms with Crippen LogP contribution in [0.5, 0.6) is 0 Å². The van der Waals surface area contributed by atoms with Gasteiger partial charge in [0.15, 0.2) is 11.2 Å². The van der Waals surface area contributed by atoms with Gasteiger partial charge in [0, 0.05) is 11.2 Å². The average molecular weight is 390 g/mol. The van der Waals surface area contributed by atoms with Gasteiger partial charge in [-0.05, 0) is 30.2 Å². The van der Waals surface area contributed by atoms with Gasteiger partial charge in [-0.1, -0.05) is 30.7 Å². The van der Waals surface area contributed by atoms with E-state index in [-0.39, 0.29) is 6.42 Å². The summed E-state index contributed by atoms with van der Waals surface area (Å²) < 4.78 is 38.5. The van der Waals surface area contributed by atoms with Crippen molar-refractivity contribution < 1.29 is 27.9 Å². The van der Waals surface area contributed by atoms with Gasteiger partial charge in [0.2, 0.25) is 5.91 Å². The summed E-state index contributed by atoms with van der Waals surface area (Å²) in [7, 11) is 0. The monoisotopic (exact) mass is 389 g/mol. The smallest absolute Gasteiger partial charge is 0.435 e. The van der Waals surface area contributed by atoms with Gasteiger partial charge < -0.3 is 10.4 Å². The molecule has 0 bridgehead atoms. The summed E-state index contributed by atoms with van der Waals surface area (Å²) in [4.78, 5) is 24.1. The average Bonchev–Trinajstić information content (AvgIpc) is 3.02. The Morgan fingerprint density at radius 1 is 1.23 bits per heavy atom. The van der Waals surface area contributed by atoms with Gasteiger partial charge >= 0.3 is 12.1 Å². The molecule has 0 saturated carbocycles. The van der Waals surface area contributed by atoms with E-state index in [4.69, 9.17) is 11.6 Å². The molecule has 0 aliphatic rings. The minimum Gasteiger partial charge on any atom is -0.479 e. The molecule has 1 heterocycles. The number of nitrogens with zero attached hydrogens (tertiary/aromatic N) is 2. The zero-order chi connectivity index (χ0) is 19.5. The number of amides is 1. The van der Waals surface area contributed by atoms with Crippen LogP contribution >= 0.6 is 11.6 Å². The van der Waals surface area contributed by atoms with Crippen LogP contribution in [0.15, 0.2) is 36.5 Å². The second-order valence-corrected chi connectivity index (χ2v) is 5.95. The molecule has 140 valence electrons. The van der Waals surface area contributed by atoms with E-state index in [0.29, 0.717) is 10.6 Å². The third-order valence-corrected chi connectivity index (χ3v) is 4.07. The molecule has 1 atom stereocenters. The van der Waals surface area contributed by atoms with Crippen molar-refractivity contribution >= 4 is 23.5 Å². The van der Waals surface area contributed by atoms with Crippen LogP contribution in [0, 0.1) is 0 Å². The van der Waals surface area contributed by atoms with Gasteiger partial charge in [0.1, 0.15) is 6.54 Å². The number of carboxylic acid groups (broad SMARTS) is 1. The largest absolute Gasteiger partial charge is 0.479 e. The molecule has 0 saturated heterocycles. The molecule has 0 aliphatic carbocycles. The Labute approximate surface area is 151 Å². The summed E-state index contributed by atoms with van der Waals surface area (Å²) in [5.74, 6) is -2.09. The molecule has 0 spiro atoms. The molecule has 2 aromatic rings. The lowest BCUT2D eigenvalue weighted by Gasteiger charge is -2.30. The van der Waals surface area contributed by atoms with Gasteiger partial charge in [0.05, 0.1) is 0 Å². The molecule has 6 nitrogen and oxygen atoms in total. The number of hydrogen-bond donors (Lipinski definition) is 2. The number of aliphatic carboxylic acids is 1. The van der Waals surface area contributed by atoms with Crippen molar-refractivity contribution in [2.24, 2.45) is 0 Å². The normalized spacial score (nSPS) is 13.9. The lowest BCUT2D eigenvalue weighted by atomic mass is 9.87. The van der Waals surface area contributed by atoms with E-state index < -0.39 is 35.8 Å². The molecule has 1 aromatic carbocycles. The molecule has 0 radical (unpaired) electrons. The predicted octanol–water partition coefficient (Wildman–Crippen LogP) is 3.06. The lowest BCUT2D eigenvalue weighted by Crippen LogP contribution is -2.52. The van der Waals surface area contributed by atoms with E-state index in [1.165, 1.54) is 24.3 Å². The Balaban J connectivity index is 2.23. The maximum Gasteiger partial charge on any atom is 0.435 e. The summed E-state index contributed by atoms with van der Waals surface area (Å²) >= 11 is 5.80. The summed E-state index contributed by atoms with van der Waals surface area (Å²) in [6.07, 6.45) is -3.61. The van der Waals surface area contributed by atoms with Gasteiger partial charge in [0.25, 0.3) is 0 Å². The number of carbonyl (C=O) groups excluding carboxylic acids is 1. The third kappa shape index (κ3) is 4.16. The van der Waals surface area contributed by atoms with Crippen molar-refractivity contribution in [1.82, 2.24) is 15.1 Å². The first-order chi connectivity index (χ1) is 12.1. The Hall–Kier alpha value is -2.55. The molecule has 0 fully saturated rings. The van der Waals surface area contributed by atoms with Crippen LogP contribution < -0.4 is 5.32 Å². The second kappa shape index (κ2) is 7.36. The van der Waals surface area contributed by atoms with Crippen LogP contribution in [0.3, 0.4) is 0 Å². The minimum atomic E-state index is -4.63. The molecule has 26 heavy (non-hydrogen) atoms.